The van der Waals surface area contributed by atoms with E-state index in [1.54, 1.807) is 13.1 Å². The van der Waals surface area contributed by atoms with Gasteiger partial charge in [-0.25, -0.2) is 0 Å². The standard InChI is InChI=1S/C12H14N2O/c1-10(15)12-4-6-14(9-12)8-11-3-2-5-13-7-11/h2-7,9-10,15H,8H2,1H3. The molecule has 0 saturated heterocycles. The summed E-state index contributed by atoms with van der Waals surface area (Å²) in [6.45, 7) is 2.56. The highest BCUT2D eigenvalue weighted by Gasteiger charge is 2.02. The third-order valence-corrected chi connectivity index (χ3v) is 2.34. The maximum Gasteiger partial charge on any atom is 0.0776 e. The summed E-state index contributed by atoms with van der Waals surface area (Å²) in [6, 6.07) is 5.89. The molecule has 2 aromatic heterocycles. The highest BCUT2D eigenvalue weighted by Crippen LogP contribution is 2.12. The number of nitrogens with zero attached hydrogens (tertiary/aromatic N) is 2. The van der Waals surface area contributed by atoms with Gasteiger partial charge in [0, 0.05) is 31.3 Å². The zero-order chi connectivity index (χ0) is 10.7. The molecule has 0 aromatic carbocycles. The summed E-state index contributed by atoms with van der Waals surface area (Å²) in [5.41, 5.74) is 2.10. The topological polar surface area (TPSA) is 38.0 Å². The first-order chi connectivity index (χ1) is 7.25. The van der Waals surface area contributed by atoms with Gasteiger partial charge >= 0.3 is 0 Å². The summed E-state index contributed by atoms with van der Waals surface area (Å²) in [4.78, 5) is 4.06. The van der Waals surface area contributed by atoms with E-state index in [4.69, 9.17) is 0 Å². The van der Waals surface area contributed by atoms with E-state index in [0.29, 0.717) is 0 Å². The SMILES string of the molecule is CC(O)c1ccn(Cc2cccnc2)c1. The maximum absolute atomic E-state index is 9.38. The largest absolute Gasteiger partial charge is 0.389 e. The van der Waals surface area contributed by atoms with Gasteiger partial charge in [-0.1, -0.05) is 6.07 Å². The lowest BCUT2D eigenvalue weighted by atomic mass is 10.2. The Labute approximate surface area is 89.0 Å². The Morgan fingerprint density at radius 3 is 2.93 bits per heavy atom. The molecule has 3 nitrogen and oxygen atoms in total. The lowest BCUT2D eigenvalue weighted by molar-refractivity contribution is 0.199. The van der Waals surface area contributed by atoms with E-state index in [-0.39, 0.29) is 0 Å². The van der Waals surface area contributed by atoms with Crippen LogP contribution >= 0.6 is 0 Å². The van der Waals surface area contributed by atoms with Gasteiger partial charge in [-0.15, -0.1) is 0 Å². The molecule has 0 aliphatic carbocycles. The van der Waals surface area contributed by atoms with Crippen LogP contribution in [0.1, 0.15) is 24.2 Å². The molecule has 1 N–H and O–H groups in total. The van der Waals surface area contributed by atoms with Crippen molar-refractivity contribution < 1.29 is 5.11 Å². The Balaban J connectivity index is 2.12. The molecule has 0 amide bonds. The molecule has 0 aliphatic heterocycles. The summed E-state index contributed by atoms with van der Waals surface area (Å²) in [5.74, 6) is 0. The van der Waals surface area contributed by atoms with Crippen molar-refractivity contribution in [2.45, 2.75) is 19.6 Å². The van der Waals surface area contributed by atoms with Crippen LogP contribution in [0.2, 0.25) is 0 Å². The summed E-state index contributed by atoms with van der Waals surface area (Å²) in [7, 11) is 0. The van der Waals surface area contributed by atoms with E-state index < -0.39 is 6.10 Å². The van der Waals surface area contributed by atoms with E-state index in [0.717, 1.165) is 17.7 Å². The van der Waals surface area contributed by atoms with Gasteiger partial charge in [0.25, 0.3) is 0 Å². The van der Waals surface area contributed by atoms with E-state index in [1.165, 1.54) is 0 Å². The molecule has 0 radical (unpaired) electrons. The minimum Gasteiger partial charge on any atom is -0.389 e. The monoisotopic (exact) mass is 202 g/mol. The van der Waals surface area contributed by atoms with Crippen LogP contribution in [0.4, 0.5) is 0 Å². The summed E-state index contributed by atoms with van der Waals surface area (Å²) in [5, 5.41) is 9.38. The van der Waals surface area contributed by atoms with E-state index >= 15 is 0 Å². The number of rotatable bonds is 3. The number of aromatic nitrogens is 2. The van der Waals surface area contributed by atoms with Crippen molar-refractivity contribution in [1.29, 1.82) is 0 Å². The second-order valence-electron chi connectivity index (χ2n) is 3.65. The van der Waals surface area contributed by atoms with Crippen molar-refractivity contribution in [3.8, 4) is 0 Å². The first-order valence-electron chi connectivity index (χ1n) is 4.98. The van der Waals surface area contributed by atoms with Crippen LogP contribution < -0.4 is 0 Å². The molecule has 1 atom stereocenters. The Hall–Kier alpha value is -1.61. The second-order valence-corrected chi connectivity index (χ2v) is 3.65. The first kappa shape index (κ1) is 9.93. The highest BCUT2D eigenvalue weighted by atomic mass is 16.3. The van der Waals surface area contributed by atoms with Crippen molar-refractivity contribution in [3.63, 3.8) is 0 Å². The molecule has 0 aliphatic rings. The first-order valence-corrected chi connectivity index (χ1v) is 4.98. The number of aliphatic hydroxyl groups is 1. The van der Waals surface area contributed by atoms with E-state index in [9.17, 15) is 5.11 Å². The Morgan fingerprint density at radius 2 is 2.33 bits per heavy atom. The molecular weight excluding hydrogens is 188 g/mol. The fraction of sp³-hybridized carbons (Fsp3) is 0.250. The Kier molecular flexibility index (Phi) is 2.83. The van der Waals surface area contributed by atoms with Crippen LogP contribution in [-0.4, -0.2) is 14.7 Å². The third-order valence-electron chi connectivity index (χ3n) is 2.34. The molecule has 0 saturated carbocycles. The number of aliphatic hydroxyl groups excluding tert-OH is 1. The van der Waals surface area contributed by atoms with Crippen LogP contribution in [-0.2, 0) is 6.54 Å². The summed E-state index contributed by atoms with van der Waals surface area (Å²) < 4.78 is 2.04. The van der Waals surface area contributed by atoms with Gasteiger partial charge in [0.2, 0.25) is 0 Å². The van der Waals surface area contributed by atoms with Crippen molar-refractivity contribution >= 4 is 0 Å². The van der Waals surface area contributed by atoms with Crippen molar-refractivity contribution in [2.75, 3.05) is 0 Å². The Morgan fingerprint density at radius 1 is 1.47 bits per heavy atom. The van der Waals surface area contributed by atoms with Crippen LogP contribution in [0.3, 0.4) is 0 Å². The third kappa shape index (κ3) is 2.44. The fourth-order valence-corrected chi connectivity index (χ4v) is 1.51. The maximum atomic E-state index is 9.38. The van der Waals surface area contributed by atoms with E-state index in [2.05, 4.69) is 4.98 Å². The summed E-state index contributed by atoms with van der Waals surface area (Å²) in [6.07, 6.45) is 7.13. The smallest absolute Gasteiger partial charge is 0.0776 e. The van der Waals surface area contributed by atoms with Crippen LogP contribution in [0.15, 0.2) is 43.0 Å². The average Bonchev–Trinajstić information content (AvgIpc) is 2.68. The van der Waals surface area contributed by atoms with Crippen molar-refractivity contribution in [2.24, 2.45) is 0 Å². The van der Waals surface area contributed by atoms with E-state index in [1.807, 2.05) is 41.4 Å². The molecule has 2 aromatic rings. The lowest BCUT2D eigenvalue weighted by Gasteiger charge is -2.02. The van der Waals surface area contributed by atoms with Gasteiger partial charge in [0.15, 0.2) is 0 Å². The molecule has 0 fully saturated rings. The highest BCUT2D eigenvalue weighted by molar-refractivity contribution is 5.15. The average molecular weight is 202 g/mol. The van der Waals surface area contributed by atoms with Gasteiger partial charge in [-0.2, -0.15) is 0 Å². The zero-order valence-electron chi connectivity index (χ0n) is 8.67. The molecule has 78 valence electrons. The molecule has 0 bridgehead atoms. The second kappa shape index (κ2) is 4.28. The number of hydrogen-bond acceptors (Lipinski definition) is 2. The number of hydrogen-bond donors (Lipinski definition) is 1. The minimum atomic E-state index is -0.403. The van der Waals surface area contributed by atoms with Crippen LogP contribution in [0, 0.1) is 0 Å². The fourth-order valence-electron chi connectivity index (χ4n) is 1.51. The molecule has 2 heterocycles. The van der Waals surface area contributed by atoms with Gasteiger partial charge in [-0.05, 0) is 30.2 Å². The van der Waals surface area contributed by atoms with Gasteiger partial charge in [0.1, 0.15) is 0 Å². The number of pyridine rings is 1. The van der Waals surface area contributed by atoms with Gasteiger partial charge in [0.05, 0.1) is 6.10 Å². The van der Waals surface area contributed by atoms with Gasteiger partial charge < -0.3 is 9.67 Å². The van der Waals surface area contributed by atoms with Crippen molar-refractivity contribution in [1.82, 2.24) is 9.55 Å². The van der Waals surface area contributed by atoms with Crippen molar-refractivity contribution in [3.05, 3.63) is 54.1 Å². The predicted molar refractivity (Wildman–Crippen MR) is 58.4 cm³/mol. The molecule has 15 heavy (non-hydrogen) atoms. The van der Waals surface area contributed by atoms with Gasteiger partial charge in [-0.3, -0.25) is 4.98 Å². The van der Waals surface area contributed by atoms with Crippen LogP contribution in [0.25, 0.3) is 0 Å². The molecular formula is C12H14N2O. The molecule has 2 rings (SSSR count). The lowest BCUT2D eigenvalue weighted by Crippen LogP contribution is -1.97. The molecule has 1 unspecified atom stereocenters. The quantitative estimate of drug-likeness (QED) is 0.826. The van der Waals surface area contributed by atoms with Crippen LogP contribution in [0.5, 0.6) is 0 Å². The summed E-state index contributed by atoms with van der Waals surface area (Å²) >= 11 is 0. The zero-order valence-corrected chi connectivity index (χ0v) is 8.67. The normalized spacial score (nSPS) is 12.7. The molecule has 3 heteroatoms. The Bertz CT molecular complexity index is 420. The predicted octanol–water partition coefficient (Wildman–Crippen LogP) is 1.98. The molecule has 0 spiro atoms. The minimum absolute atomic E-state index is 0.403.